The van der Waals surface area contributed by atoms with E-state index >= 15 is 0 Å². The van der Waals surface area contributed by atoms with Gasteiger partial charge in [0, 0.05) is 42.4 Å². The lowest BCUT2D eigenvalue weighted by Gasteiger charge is -2.25. The molecule has 0 amide bonds. The minimum atomic E-state index is -0.665. The van der Waals surface area contributed by atoms with E-state index in [0.717, 1.165) is 35.6 Å². The van der Waals surface area contributed by atoms with E-state index in [1.807, 2.05) is 7.05 Å². The number of aromatic nitrogens is 4. The second kappa shape index (κ2) is 5.15. The van der Waals surface area contributed by atoms with E-state index in [1.54, 1.807) is 10.9 Å². The van der Waals surface area contributed by atoms with Gasteiger partial charge in [0.1, 0.15) is 11.0 Å². The topological polar surface area (TPSA) is 63.9 Å². The van der Waals surface area contributed by atoms with Crippen molar-refractivity contribution in [2.24, 2.45) is 7.05 Å². The predicted octanol–water partition coefficient (Wildman–Crippen LogP) is 0.581. The van der Waals surface area contributed by atoms with E-state index in [2.05, 4.69) is 20.0 Å². The van der Waals surface area contributed by atoms with Crippen LogP contribution in [0.2, 0.25) is 5.15 Å². The number of rotatable bonds is 2. The van der Waals surface area contributed by atoms with Gasteiger partial charge < -0.3 is 0 Å². The number of halogens is 1. The fourth-order valence-electron chi connectivity index (χ4n) is 2.13. The highest BCUT2D eigenvalue weighted by molar-refractivity contribution is 7.85. The Labute approximate surface area is 118 Å². The summed E-state index contributed by atoms with van der Waals surface area (Å²) in [6.45, 7) is 2.27. The molecule has 3 rings (SSSR count). The normalized spacial score (nSPS) is 18.2. The summed E-state index contributed by atoms with van der Waals surface area (Å²) in [5, 5.41) is 5.34. The van der Waals surface area contributed by atoms with Crippen molar-refractivity contribution in [3.8, 4) is 0 Å². The van der Waals surface area contributed by atoms with E-state index in [1.165, 1.54) is 0 Å². The Hall–Kier alpha value is -1.05. The summed E-state index contributed by atoms with van der Waals surface area (Å²) in [7, 11) is 1.17. The van der Waals surface area contributed by atoms with Crippen molar-refractivity contribution in [1.82, 2.24) is 24.6 Å². The van der Waals surface area contributed by atoms with Crippen LogP contribution in [0.1, 0.15) is 5.82 Å². The zero-order valence-corrected chi connectivity index (χ0v) is 12.1. The van der Waals surface area contributed by atoms with Gasteiger partial charge in [-0.25, -0.2) is 9.97 Å². The summed E-state index contributed by atoms with van der Waals surface area (Å²) in [6, 6.07) is 0. The van der Waals surface area contributed by atoms with Crippen LogP contribution in [-0.4, -0.2) is 53.5 Å². The average molecular weight is 300 g/mol. The maximum absolute atomic E-state index is 11.3. The van der Waals surface area contributed by atoms with Crippen molar-refractivity contribution < 1.29 is 4.21 Å². The molecule has 0 unspecified atom stereocenters. The first-order valence-electron chi connectivity index (χ1n) is 6.05. The minimum absolute atomic E-state index is 0.439. The van der Waals surface area contributed by atoms with E-state index in [9.17, 15) is 4.21 Å². The molecule has 0 spiro atoms. The fraction of sp³-hybridized carbons (Fsp3) is 0.545. The molecule has 0 atom stereocenters. The van der Waals surface area contributed by atoms with Crippen LogP contribution in [-0.2, 0) is 24.4 Å². The largest absolute Gasteiger partial charge is 0.294 e. The van der Waals surface area contributed by atoms with E-state index < -0.39 is 10.8 Å². The molecule has 0 aliphatic carbocycles. The molecule has 1 saturated heterocycles. The van der Waals surface area contributed by atoms with Crippen molar-refractivity contribution >= 4 is 33.4 Å². The minimum Gasteiger partial charge on any atom is -0.294 e. The Bertz CT molecular complexity index is 633. The molecular formula is C11H14ClN5OS. The Morgan fingerprint density at radius 3 is 2.84 bits per heavy atom. The molecule has 1 aliphatic rings. The van der Waals surface area contributed by atoms with Crippen LogP contribution in [0.4, 0.5) is 0 Å². The summed E-state index contributed by atoms with van der Waals surface area (Å²) >= 11 is 6.14. The van der Waals surface area contributed by atoms with Crippen molar-refractivity contribution in [3.63, 3.8) is 0 Å². The standard InChI is InChI=1S/C11H14ClN5OS/c1-16-11-8(6-13-16)10(12)14-9(15-11)7-17-2-4-19(18)5-3-17/h6H,2-5,7H2,1H3. The van der Waals surface area contributed by atoms with Crippen molar-refractivity contribution in [2.75, 3.05) is 24.6 Å². The molecule has 0 radical (unpaired) electrons. The highest BCUT2D eigenvalue weighted by Gasteiger charge is 2.17. The SMILES string of the molecule is Cn1ncc2c(Cl)nc(CN3CCS(=O)CC3)nc21. The number of hydrogen-bond acceptors (Lipinski definition) is 5. The van der Waals surface area contributed by atoms with Crippen LogP contribution in [0.15, 0.2) is 6.20 Å². The zero-order chi connectivity index (χ0) is 13.4. The lowest BCUT2D eigenvalue weighted by atomic mass is 10.4. The third-order valence-corrected chi connectivity index (χ3v) is 4.79. The van der Waals surface area contributed by atoms with Gasteiger partial charge >= 0.3 is 0 Å². The monoisotopic (exact) mass is 299 g/mol. The molecule has 3 heterocycles. The first kappa shape index (κ1) is 13.0. The van der Waals surface area contributed by atoms with Gasteiger partial charge in [-0.2, -0.15) is 5.10 Å². The highest BCUT2D eigenvalue weighted by Crippen LogP contribution is 2.19. The van der Waals surface area contributed by atoms with E-state index in [0.29, 0.717) is 17.5 Å². The summed E-state index contributed by atoms with van der Waals surface area (Å²) < 4.78 is 13.0. The van der Waals surface area contributed by atoms with Gasteiger partial charge in [-0.15, -0.1) is 0 Å². The van der Waals surface area contributed by atoms with Crippen molar-refractivity contribution in [3.05, 3.63) is 17.2 Å². The molecular weight excluding hydrogens is 286 g/mol. The Morgan fingerprint density at radius 2 is 2.11 bits per heavy atom. The molecule has 6 nitrogen and oxygen atoms in total. The van der Waals surface area contributed by atoms with Crippen LogP contribution in [0, 0.1) is 0 Å². The van der Waals surface area contributed by atoms with Gasteiger partial charge in [-0.05, 0) is 0 Å². The smallest absolute Gasteiger partial charge is 0.162 e. The number of fused-ring (bicyclic) bond motifs is 1. The second-order valence-electron chi connectivity index (χ2n) is 4.56. The van der Waals surface area contributed by atoms with Gasteiger partial charge in [0.05, 0.1) is 18.1 Å². The first-order chi connectivity index (χ1) is 9.13. The summed E-state index contributed by atoms with van der Waals surface area (Å²) in [6.07, 6.45) is 1.67. The fourth-order valence-corrected chi connectivity index (χ4v) is 3.49. The molecule has 102 valence electrons. The van der Waals surface area contributed by atoms with Crippen LogP contribution >= 0.6 is 11.6 Å². The molecule has 1 aliphatic heterocycles. The van der Waals surface area contributed by atoms with Crippen molar-refractivity contribution in [1.29, 1.82) is 0 Å². The van der Waals surface area contributed by atoms with Crippen LogP contribution in [0.3, 0.4) is 0 Å². The number of nitrogens with zero attached hydrogens (tertiary/aromatic N) is 5. The maximum atomic E-state index is 11.3. The lowest BCUT2D eigenvalue weighted by Crippen LogP contribution is -2.37. The summed E-state index contributed by atoms with van der Waals surface area (Å²) in [4.78, 5) is 11.0. The van der Waals surface area contributed by atoms with Crippen LogP contribution < -0.4 is 0 Å². The first-order valence-corrected chi connectivity index (χ1v) is 7.91. The number of hydrogen-bond donors (Lipinski definition) is 0. The quantitative estimate of drug-likeness (QED) is 0.759. The predicted molar refractivity (Wildman–Crippen MR) is 74.5 cm³/mol. The van der Waals surface area contributed by atoms with Crippen molar-refractivity contribution in [2.45, 2.75) is 6.54 Å². The molecule has 2 aromatic heterocycles. The average Bonchev–Trinajstić information content (AvgIpc) is 2.75. The van der Waals surface area contributed by atoms with Gasteiger partial charge in [-0.3, -0.25) is 13.8 Å². The van der Waals surface area contributed by atoms with E-state index in [-0.39, 0.29) is 0 Å². The molecule has 0 N–H and O–H groups in total. The maximum Gasteiger partial charge on any atom is 0.162 e. The molecule has 2 aromatic rings. The van der Waals surface area contributed by atoms with Gasteiger partial charge in [-0.1, -0.05) is 11.6 Å². The number of aryl methyl sites for hydroxylation is 1. The summed E-state index contributed by atoms with van der Waals surface area (Å²) in [5.74, 6) is 2.14. The Kier molecular flexibility index (Phi) is 3.51. The summed E-state index contributed by atoms with van der Waals surface area (Å²) in [5.41, 5.74) is 0.746. The Morgan fingerprint density at radius 1 is 1.37 bits per heavy atom. The molecule has 0 bridgehead atoms. The van der Waals surface area contributed by atoms with Gasteiger partial charge in [0.2, 0.25) is 0 Å². The molecule has 1 fully saturated rings. The lowest BCUT2D eigenvalue weighted by molar-refractivity contribution is 0.284. The third-order valence-electron chi connectivity index (χ3n) is 3.23. The molecule has 0 aromatic carbocycles. The van der Waals surface area contributed by atoms with Gasteiger partial charge in [0.25, 0.3) is 0 Å². The Balaban J connectivity index is 1.84. The molecule has 8 heteroatoms. The zero-order valence-electron chi connectivity index (χ0n) is 10.5. The van der Waals surface area contributed by atoms with Crippen LogP contribution in [0.25, 0.3) is 11.0 Å². The van der Waals surface area contributed by atoms with Crippen LogP contribution in [0.5, 0.6) is 0 Å². The van der Waals surface area contributed by atoms with Gasteiger partial charge in [0.15, 0.2) is 5.65 Å². The van der Waals surface area contributed by atoms with E-state index in [4.69, 9.17) is 11.6 Å². The molecule has 0 saturated carbocycles. The molecule has 19 heavy (non-hydrogen) atoms. The second-order valence-corrected chi connectivity index (χ2v) is 6.61. The highest BCUT2D eigenvalue weighted by atomic mass is 35.5. The third kappa shape index (κ3) is 2.63.